The number of hydrogen-bond donors (Lipinski definition) is 2. The first-order valence-corrected chi connectivity index (χ1v) is 11.4. The lowest BCUT2D eigenvalue weighted by atomic mass is 9.94. The lowest BCUT2D eigenvalue weighted by Crippen LogP contribution is -2.55. The van der Waals surface area contributed by atoms with Crippen LogP contribution in [0.2, 0.25) is 0 Å². The van der Waals surface area contributed by atoms with Crippen LogP contribution in [0.5, 0.6) is 0 Å². The summed E-state index contributed by atoms with van der Waals surface area (Å²) in [7, 11) is 0. The normalized spacial score (nSPS) is 13.5. The van der Waals surface area contributed by atoms with Crippen LogP contribution in [0.25, 0.3) is 0 Å². The van der Waals surface area contributed by atoms with Gasteiger partial charge in [-0.25, -0.2) is 4.79 Å². The third-order valence-electron chi connectivity index (χ3n) is 5.16. The molecule has 32 heavy (non-hydrogen) atoms. The van der Waals surface area contributed by atoms with Crippen LogP contribution in [0.3, 0.4) is 0 Å². The second-order valence-corrected chi connectivity index (χ2v) is 9.85. The SMILES string of the molecule is CCN(C(=O)C(NC(=O)OC(C)(C)C)C(C)C)C(C(=O)NC(C)C)c1cccc(C)c1C. The van der Waals surface area contributed by atoms with E-state index in [-0.39, 0.29) is 23.8 Å². The van der Waals surface area contributed by atoms with E-state index in [0.29, 0.717) is 6.54 Å². The van der Waals surface area contributed by atoms with Crippen molar-refractivity contribution in [2.75, 3.05) is 6.54 Å². The zero-order chi connectivity index (χ0) is 24.8. The molecule has 0 radical (unpaired) electrons. The van der Waals surface area contributed by atoms with Crippen molar-refractivity contribution in [1.29, 1.82) is 0 Å². The number of likely N-dealkylation sites (N-methyl/N-ethyl adjacent to an activating group) is 1. The van der Waals surface area contributed by atoms with Crippen LogP contribution in [-0.4, -0.2) is 47.0 Å². The van der Waals surface area contributed by atoms with Gasteiger partial charge in [-0.05, 0) is 78.0 Å². The molecule has 2 atom stereocenters. The number of hydrogen-bond acceptors (Lipinski definition) is 4. The van der Waals surface area contributed by atoms with E-state index in [0.717, 1.165) is 16.7 Å². The summed E-state index contributed by atoms with van der Waals surface area (Å²) in [5.41, 5.74) is 2.10. The van der Waals surface area contributed by atoms with Crippen LogP contribution >= 0.6 is 0 Å². The highest BCUT2D eigenvalue weighted by atomic mass is 16.6. The molecule has 0 aliphatic heterocycles. The van der Waals surface area contributed by atoms with E-state index in [9.17, 15) is 14.4 Å². The maximum Gasteiger partial charge on any atom is 0.408 e. The van der Waals surface area contributed by atoms with Crippen molar-refractivity contribution in [3.05, 3.63) is 34.9 Å². The van der Waals surface area contributed by atoms with Crippen molar-refractivity contribution in [1.82, 2.24) is 15.5 Å². The minimum atomic E-state index is -0.829. The molecule has 2 unspecified atom stereocenters. The summed E-state index contributed by atoms with van der Waals surface area (Å²) in [6.45, 7) is 18.9. The lowest BCUT2D eigenvalue weighted by molar-refractivity contribution is -0.143. The second kappa shape index (κ2) is 11.3. The minimum Gasteiger partial charge on any atom is -0.444 e. The van der Waals surface area contributed by atoms with Crippen LogP contribution in [0.15, 0.2) is 18.2 Å². The molecular formula is C25H41N3O4. The van der Waals surface area contributed by atoms with Gasteiger partial charge in [0.2, 0.25) is 11.8 Å². The fourth-order valence-electron chi connectivity index (χ4n) is 3.48. The number of nitrogens with zero attached hydrogens (tertiary/aromatic N) is 1. The summed E-state index contributed by atoms with van der Waals surface area (Å²) >= 11 is 0. The average molecular weight is 448 g/mol. The molecule has 1 aromatic rings. The van der Waals surface area contributed by atoms with Gasteiger partial charge in [-0.3, -0.25) is 9.59 Å². The van der Waals surface area contributed by atoms with Crippen molar-refractivity contribution in [3.8, 4) is 0 Å². The molecule has 1 aromatic carbocycles. The molecule has 7 heteroatoms. The van der Waals surface area contributed by atoms with Crippen LogP contribution in [0.4, 0.5) is 4.79 Å². The molecule has 7 nitrogen and oxygen atoms in total. The fraction of sp³-hybridized carbons (Fsp3) is 0.640. The highest BCUT2D eigenvalue weighted by Gasteiger charge is 2.37. The van der Waals surface area contributed by atoms with E-state index in [4.69, 9.17) is 4.74 Å². The number of nitrogens with one attached hydrogen (secondary N) is 2. The predicted octanol–water partition coefficient (Wildman–Crippen LogP) is 4.27. The van der Waals surface area contributed by atoms with Crippen LogP contribution < -0.4 is 10.6 Å². The van der Waals surface area contributed by atoms with Crippen molar-refractivity contribution in [3.63, 3.8) is 0 Å². The second-order valence-electron chi connectivity index (χ2n) is 9.85. The van der Waals surface area contributed by atoms with Gasteiger partial charge >= 0.3 is 6.09 Å². The molecule has 180 valence electrons. The van der Waals surface area contributed by atoms with Crippen LogP contribution in [0, 0.1) is 19.8 Å². The topological polar surface area (TPSA) is 87.7 Å². The zero-order valence-electron chi connectivity index (χ0n) is 21.3. The number of carbonyl (C=O) groups excluding carboxylic acids is 3. The number of amides is 3. The molecule has 0 aliphatic rings. The molecule has 0 saturated carbocycles. The number of alkyl carbamates (subject to hydrolysis) is 1. The van der Waals surface area contributed by atoms with Gasteiger partial charge in [0, 0.05) is 12.6 Å². The van der Waals surface area contributed by atoms with E-state index < -0.39 is 23.8 Å². The summed E-state index contributed by atoms with van der Waals surface area (Å²) in [6.07, 6.45) is -0.657. The Balaban J connectivity index is 3.41. The minimum absolute atomic E-state index is 0.0790. The molecule has 0 aromatic heterocycles. The standard InChI is InChI=1S/C25H41N3O4/c1-11-28(23(30)20(15(2)3)27-24(31)32-25(8,9)10)21(22(29)26-16(4)5)19-14-12-13-17(6)18(19)7/h12-16,20-21H,11H2,1-10H3,(H,26,29)(H,27,31). The van der Waals surface area contributed by atoms with Crippen molar-refractivity contribution in [2.24, 2.45) is 5.92 Å². The number of ether oxygens (including phenoxy) is 1. The van der Waals surface area contributed by atoms with Gasteiger partial charge < -0.3 is 20.3 Å². The van der Waals surface area contributed by atoms with Crippen LogP contribution in [0.1, 0.15) is 78.1 Å². The highest BCUT2D eigenvalue weighted by molar-refractivity contribution is 5.92. The lowest BCUT2D eigenvalue weighted by Gasteiger charge is -2.36. The molecule has 0 heterocycles. The molecule has 0 aliphatic carbocycles. The maximum atomic E-state index is 13.7. The molecule has 0 bridgehead atoms. The summed E-state index contributed by atoms with van der Waals surface area (Å²) < 4.78 is 5.36. The van der Waals surface area contributed by atoms with Gasteiger partial charge in [0.05, 0.1) is 0 Å². The highest BCUT2D eigenvalue weighted by Crippen LogP contribution is 2.28. The average Bonchev–Trinajstić information content (AvgIpc) is 2.64. The molecule has 0 fully saturated rings. The molecule has 3 amide bonds. The third-order valence-corrected chi connectivity index (χ3v) is 5.16. The summed E-state index contributed by atoms with van der Waals surface area (Å²) in [4.78, 5) is 41.0. The largest absolute Gasteiger partial charge is 0.444 e. The quantitative estimate of drug-likeness (QED) is 0.623. The Morgan fingerprint density at radius 1 is 1.03 bits per heavy atom. The first kappa shape index (κ1) is 27.5. The van der Waals surface area contributed by atoms with Gasteiger partial charge in [0.1, 0.15) is 17.7 Å². The van der Waals surface area contributed by atoms with E-state index in [1.165, 1.54) is 0 Å². The van der Waals surface area contributed by atoms with Crippen molar-refractivity contribution in [2.45, 2.75) is 93.0 Å². The maximum absolute atomic E-state index is 13.7. The molecular weight excluding hydrogens is 406 g/mol. The van der Waals surface area contributed by atoms with E-state index in [2.05, 4.69) is 10.6 Å². The van der Waals surface area contributed by atoms with Gasteiger partial charge in [-0.1, -0.05) is 32.0 Å². The monoisotopic (exact) mass is 447 g/mol. The number of aryl methyl sites for hydroxylation is 1. The Hall–Kier alpha value is -2.57. The van der Waals surface area contributed by atoms with Gasteiger partial charge in [0.15, 0.2) is 0 Å². The van der Waals surface area contributed by atoms with Gasteiger partial charge in [-0.15, -0.1) is 0 Å². The molecule has 0 saturated heterocycles. The summed E-state index contributed by atoms with van der Waals surface area (Å²) in [5, 5.41) is 5.67. The zero-order valence-corrected chi connectivity index (χ0v) is 21.3. The Kier molecular flexibility index (Phi) is 9.73. The first-order chi connectivity index (χ1) is 14.7. The first-order valence-electron chi connectivity index (χ1n) is 11.4. The smallest absolute Gasteiger partial charge is 0.408 e. The molecule has 2 N–H and O–H groups in total. The number of benzene rings is 1. The Bertz CT molecular complexity index is 812. The third kappa shape index (κ3) is 7.53. The predicted molar refractivity (Wildman–Crippen MR) is 127 cm³/mol. The Morgan fingerprint density at radius 3 is 2.09 bits per heavy atom. The summed E-state index contributed by atoms with van der Waals surface area (Å²) in [6, 6.07) is 4.04. The Morgan fingerprint density at radius 2 is 1.62 bits per heavy atom. The van der Waals surface area contributed by atoms with E-state index in [1.807, 2.05) is 66.7 Å². The Labute approximate surface area is 193 Å². The van der Waals surface area contributed by atoms with E-state index in [1.54, 1.807) is 25.7 Å². The number of carbonyl (C=O) groups is 3. The van der Waals surface area contributed by atoms with E-state index >= 15 is 0 Å². The van der Waals surface area contributed by atoms with Gasteiger partial charge in [0.25, 0.3) is 0 Å². The van der Waals surface area contributed by atoms with Crippen molar-refractivity contribution < 1.29 is 19.1 Å². The number of rotatable bonds is 8. The van der Waals surface area contributed by atoms with Crippen molar-refractivity contribution >= 4 is 17.9 Å². The molecule has 1 rings (SSSR count). The van der Waals surface area contributed by atoms with Gasteiger partial charge in [-0.2, -0.15) is 0 Å². The van der Waals surface area contributed by atoms with Crippen LogP contribution in [-0.2, 0) is 14.3 Å². The molecule has 0 spiro atoms. The summed E-state index contributed by atoms with van der Waals surface area (Å²) in [5.74, 6) is -0.765. The fourth-order valence-corrected chi connectivity index (χ4v) is 3.48.